The van der Waals surface area contributed by atoms with Crippen molar-refractivity contribution >= 4 is 16.0 Å². The van der Waals surface area contributed by atoms with E-state index in [-0.39, 0.29) is 10.9 Å². The standard InChI is InChI=1S/C20H23NO5S/c22-20(8-4-7-17-5-2-1-3-6-17)26-18-9-11-19(12-10-18)27(23,24)21-13-15-25-16-14-21/h1-3,5-6,9-12H,4,7-8,13-16H2. The van der Waals surface area contributed by atoms with Gasteiger partial charge in [0, 0.05) is 19.5 Å². The molecule has 0 amide bonds. The number of nitrogens with zero attached hydrogens (tertiary/aromatic N) is 1. The Balaban J connectivity index is 1.51. The number of sulfonamides is 1. The summed E-state index contributed by atoms with van der Waals surface area (Å²) < 4.78 is 37.0. The number of aryl methyl sites for hydroxylation is 1. The van der Waals surface area contributed by atoms with Crippen molar-refractivity contribution in [1.82, 2.24) is 4.31 Å². The van der Waals surface area contributed by atoms with E-state index in [1.54, 1.807) is 0 Å². The molecule has 1 aliphatic heterocycles. The van der Waals surface area contributed by atoms with Gasteiger partial charge in [-0.05, 0) is 42.7 Å². The predicted molar refractivity (Wildman–Crippen MR) is 101 cm³/mol. The van der Waals surface area contributed by atoms with Crippen molar-refractivity contribution in [2.24, 2.45) is 0 Å². The van der Waals surface area contributed by atoms with Crippen molar-refractivity contribution < 1.29 is 22.7 Å². The van der Waals surface area contributed by atoms with Crippen molar-refractivity contribution in [3.63, 3.8) is 0 Å². The Morgan fingerprint density at radius 3 is 2.33 bits per heavy atom. The first kappa shape index (κ1) is 19.5. The molecule has 0 atom stereocenters. The highest BCUT2D eigenvalue weighted by molar-refractivity contribution is 7.89. The minimum absolute atomic E-state index is 0.188. The van der Waals surface area contributed by atoms with E-state index in [1.807, 2.05) is 30.3 Å². The first-order chi connectivity index (χ1) is 13.1. The lowest BCUT2D eigenvalue weighted by atomic mass is 10.1. The Morgan fingerprint density at radius 1 is 1.00 bits per heavy atom. The van der Waals surface area contributed by atoms with Crippen molar-refractivity contribution in [2.75, 3.05) is 26.3 Å². The molecule has 0 aromatic heterocycles. The van der Waals surface area contributed by atoms with Crippen LogP contribution >= 0.6 is 0 Å². The van der Waals surface area contributed by atoms with Crippen LogP contribution in [0.2, 0.25) is 0 Å². The van der Waals surface area contributed by atoms with Gasteiger partial charge in [-0.25, -0.2) is 8.42 Å². The average molecular weight is 389 g/mol. The van der Waals surface area contributed by atoms with Gasteiger partial charge in [0.05, 0.1) is 18.1 Å². The Kier molecular flexibility index (Phi) is 6.60. The third kappa shape index (κ3) is 5.38. The molecule has 0 spiro atoms. The molecule has 0 radical (unpaired) electrons. The van der Waals surface area contributed by atoms with Crippen LogP contribution in [0.5, 0.6) is 5.75 Å². The molecule has 144 valence electrons. The van der Waals surface area contributed by atoms with Gasteiger partial charge in [-0.2, -0.15) is 4.31 Å². The summed E-state index contributed by atoms with van der Waals surface area (Å²) in [6.45, 7) is 1.50. The first-order valence-electron chi connectivity index (χ1n) is 8.98. The van der Waals surface area contributed by atoms with Crippen LogP contribution in [0.4, 0.5) is 0 Å². The second kappa shape index (κ2) is 9.12. The van der Waals surface area contributed by atoms with E-state index in [9.17, 15) is 13.2 Å². The van der Waals surface area contributed by atoms with Gasteiger partial charge in [0.25, 0.3) is 0 Å². The number of hydrogen-bond donors (Lipinski definition) is 0. The lowest BCUT2D eigenvalue weighted by Gasteiger charge is -2.26. The second-order valence-electron chi connectivity index (χ2n) is 6.30. The zero-order valence-electron chi connectivity index (χ0n) is 15.0. The molecule has 1 saturated heterocycles. The molecule has 3 rings (SSSR count). The third-order valence-corrected chi connectivity index (χ3v) is 6.27. The maximum Gasteiger partial charge on any atom is 0.311 e. The Hall–Kier alpha value is -2.22. The zero-order valence-corrected chi connectivity index (χ0v) is 15.9. The summed E-state index contributed by atoms with van der Waals surface area (Å²) in [5.41, 5.74) is 1.18. The molecule has 0 N–H and O–H groups in total. The monoisotopic (exact) mass is 389 g/mol. The highest BCUT2D eigenvalue weighted by atomic mass is 32.2. The summed E-state index contributed by atoms with van der Waals surface area (Å²) in [5, 5.41) is 0. The van der Waals surface area contributed by atoms with Gasteiger partial charge in [-0.15, -0.1) is 0 Å². The third-order valence-electron chi connectivity index (χ3n) is 4.35. The van der Waals surface area contributed by atoms with Gasteiger partial charge in [0.15, 0.2) is 0 Å². The van der Waals surface area contributed by atoms with E-state index in [0.717, 1.165) is 6.42 Å². The fourth-order valence-corrected chi connectivity index (χ4v) is 4.29. The summed E-state index contributed by atoms with van der Waals surface area (Å²) in [6.07, 6.45) is 1.82. The molecule has 6 nitrogen and oxygen atoms in total. The average Bonchev–Trinajstić information content (AvgIpc) is 2.70. The number of morpholine rings is 1. The Bertz CT molecular complexity index is 844. The summed E-state index contributed by atoms with van der Waals surface area (Å²) in [5.74, 6) is 0.0235. The SMILES string of the molecule is O=C(CCCc1ccccc1)Oc1ccc(S(=O)(=O)N2CCOCC2)cc1. The largest absolute Gasteiger partial charge is 0.427 e. The summed E-state index contributed by atoms with van der Waals surface area (Å²) in [6, 6.07) is 15.9. The molecule has 27 heavy (non-hydrogen) atoms. The van der Waals surface area contributed by atoms with Crippen molar-refractivity contribution in [3.05, 3.63) is 60.2 Å². The molecule has 1 aliphatic rings. The van der Waals surface area contributed by atoms with Crippen LogP contribution in [0.25, 0.3) is 0 Å². The van der Waals surface area contributed by atoms with Gasteiger partial charge < -0.3 is 9.47 Å². The van der Waals surface area contributed by atoms with Gasteiger partial charge >= 0.3 is 5.97 Å². The molecule has 0 unspecified atom stereocenters. The van der Waals surface area contributed by atoms with E-state index in [4.69, 9.17) is 9.47 Å². The van der Waals surface area contributed by atoms with E-state index in [0.29, 0.717) is 44.9 Å². The number of esters is 1. The smallest absolute Gasteiger partial charge is 0.311 e. The quantitative estimate of drug-likeness (QED) is 0.538. The van der Waals surface area contributed by atoms with Gasteiger partial charge in [0.1, 0.15) is 5.75 Å². The lowest BCUT2D eigenvalue weighted by molar-refractivity contribution is -0.134. The molecule has 2 aromatic carbocycles. The van der Waals surface area contributed by atoms with Crippen LogP contribution in [0.1, 0.15) is 18.4 Å². The lowest BCUT2D eigenvalue weighted by Crippen LogP contribution is -2.40. The molecule has 0 aliphatic carbocycles. The first-order valence-corrected chi connectivity index (χ1v) is 10.4. The summed E-state index contributed by atoms with van der Waals surface area (Å²) in [7, 11) is -3.54. The Morgan fingerprint density at radius 2 is 1.67 bits per heavy atom. The maximum absolute atomic E-state index is 12.6. The Labute approximate surface area is 159 Å². The van der Waals surface area contributed by atoms with Gasteiger partial charge in [-0.1, -0.05) is 30.3 Å². The minimum atomic E-state index is -3.54. The molecule has 1 heterocycles. The zero-order chi connectivity index (χ0) is 19.1. The van der Waals surface area contributed by atoms with Crippen LogP contribution < -0.4 is 4.74 Å². The van der Waals surface area contributed by atoms with Gasteiger partial charge in [0.2, 0.25) is 10.0 Å². The number of ether oxygens (including phenoxy) is 2. The van der Waals surface area contributed by atoms with E-state index in [2.05, 4.69) is 0 Å². The van der Waals surface area contributed by atoms with Crippen LogP contribution in [-0.4, -0.2) is 45.0 Å². The molecular weight excluding hydrogens is 366 g/mol. The van der Waals surface area contributed by atoms with E-state index < -0.39 is 10.0 Å². The second-order valence-corrected chi connectivity index (χ2v) is 8.24. The van der Waals surface area contributed by atoms with E-state index in [1.165, 1.54) is 34.1 Å². The summed E-state index contributed by atoms with van der Waals surface area (Å²) >= 11 is 0. The van der Waals surface area contributed by atoms with Crippen LogP contribution in [-0.2, 0) is 26.0 Å². The fourth-order valence-electron chi connectivity index (χ4n) is 2.88. The molecule has 7 heteroatoms. The van der Waals surface area contributed by atoms with Crippen molar-refractivity contribution in [3.8, 4) is 5.75 Å². The normalized spacial score (nSPS) is 15.4. The molecule has 2 aromatic rings. The highest BCUT2D eigenvalue weighted by Gasteiger charge is 2.26. The summed E-state index contributed by atoms with van der Waals surface area (Å²) in [4.78, 5) is 12.2. The van der Waals surface area contributed by atoms with Crippen LogP contribution in [0.3, 0.4) is 0 Å². The number of hydrogen-bond acceptors (Lipinski definition) is 5. The minimum Gasteiger partial charge on any atom is -0.427 e. The number of carbonyl (C=O) groups excluding carboxylic acids is 1. The van der Waals surface area contributed by atoms with Crippen molar-refractivity contribution in [1.29, 1.82) is 0 Å². The van der Waals surface area contributed by atoms with E-state index >= 15 is 0 Å². The molecule has 1 fully saturated rings. The van der Waals surface area contributed by atoms with Gasteiger partial charge in [-0.3, -0.25) is 4.79 Å². The molecule has 0 saturated carbocycles. The molecule has 0 bridgehead atoms. The molecular formula is C20H23NO5S. The topological polar surface area (TPSA) is 72.9 Å². The van der Waals surface area contributed by atoms with Crippen LogP contribution in [0.15, 0.2) is 59.5 Å². The number of benzene rings is 2. The number of carbonyl (C=O) groups is 1. The van der Waals surface area contributed by atoms with Crippen molar-refractivity contribution in [2.45, 2.75) is 24.2 Å². The predicted octanol–water partition coefficient (Wildman–Crippen LogP) is 2.64. The highest BCUT2D eigenvalue weighted by Crippen LogP contribution is 2.21. The maximum atomic E-state index is 12.6. The number of rotatable bonds is 7. The van der Waals surface area contributed by atoms with Crippen LogP contribution in [0, 0.1) is 0 Å². The fraction of sp³-hybridized carbons (Fsp3) is 0.350.